The minimum Gasteiger partial charge on any atom is -0.469 e. The third-order valence-electron chi connectivity index (χ3n) is 3.18. The molecule has 0 atom stereocenters. The van der Waals surface area contributed by atoms with E-state index in [1.165, 1.54) is 6.33 Å². The SMILES string of the molecule is O=C(Cc1cc(Cc2ccccc2)co1)C(=O)c1ncn[nH]1. The Balaban J connectivity index is 1.64. The van der Waals surface area contributed by atoms with Crippen LogP contribution in [0.25, 0.3) is 0 Å². The number of aromatic amines is 1. The van der Waals surface area contributed by atoms with E-state index in [1.807, 2.05) is 30.3 Å². The second-order valence-corrected chi connectivity index (χ2v) is 4.85. The monoisotopic (exact) mass is 295 g/mol. The number of Topliss-reactive ketones (excluding diaryl/α,β-unsaturated/α-hetero) is 2. The maximum atomic E-state index is 11.9. The molecule has 0 amide bonds. The van der Waals surface area contributed by atoms with Crippen LogP contribution in [0.3, 0.4) is 0 Å². The van der Waals surface area contributed by atoms with E-state index in [4.69, 9.17) is 4.42 Å². The first kappa shape index (κ1) is 13.9. The van der Waals surface area contributed by atoms with Gasteiger partial charge in [-0.25, -0.2) is 4.98 Å². The summed E-state index contributed by atoms with van der Waals surface area (Å²) < 4.78 is 5.36. The Morgan fingerprint density at radius 3 is 2.68 bits per heavy atom. The van der Waals surface area contributed by atoms with E-state index >= 15 is 0 Å². The average molecular weight is 295 g/mol. The predicted octanol–water partition coefficient (Wildman–Crippen LogP) is 1.98. The van der Waals surface area contributed by atoms with Gasteiger partial charge in [0.15, 0.2) is 5.82 Å². The Hall–Kier alpha value is -3.02. The second kappa shape index (κ2) is 6.17. The molecule has 0 bridgehead atoms. The molecule has 0 radical (unpaired) electrons. The van der Waals surface area contributed by atoms with Gasteiger partial charge >= 0.3 is 0 Å². The van der Waals surface area contributed by atoms with Crippen molar-refractivity contribution in [1.82, 2.24) is 15.2 Å². The highest BCUT2D eigenvalue weighted by Gasteiger charge is 2.20. The van der Waals surface area contributed by atoms with Crippen LogP contribution in [0.15, 0.2) is 53.4 Å². The molecule has 2 aromatic heterocycles. The van der Waals surface area contributed by atoms with Gasteiger partial charge in [0.2, 0.25) is 5.78 Å². The number of carbonyl (C=O) groups is 2. The molecule has 0 spiro atoms. The fourth-order valence-corrected chi connectivity index (χ4v) is 2.13. The van der Waals surface area contributed by atoms with E-state index in [0.29, 0.717) is 12.2 Å². The van der Waals surface area contributed by atoms with Gasteiger partial charge in [-0.1, -0.05) is 30.3 Å². The van der Waals surface area contributed by atoms with Gasteiger partial charge in [0, 0.05) is 6.42 Å². The molecule has 22 heavy (non-hydrogen) atoms. The number of ketones is 2. The molecule has 0 unspecified atom stereocenters. The summed E-state index contributed by atoms with van der Waals surface area (Å²) in [6.45, 7) is 0. The Morgan fingerprint density at radius 1 is 1.14 bits per heavy atom. The molecule has 0 aliphatic heterocycles. The molecule has 110 valence electrons. The van der Waals surface area contributed by atoms with Crippen LogP contribution in [-0.2, 0) is 17.6 Å². The zero-order valence-corrected chi connectivity index (χ0v) is 11.7. The highest BCUT2D eigenvalue weighted by atomic mass is 16.3. The van der Waals surface area contributed by atoms with Crippen LogP contribution in [0.2, 0.25) is 0 Å². The lowest BCUT2D eigenvalue weighted by Gasteiger charge is -1.96. The van der Waals surface area contributed by atoms with Gasteiger partial charge in [-0.3, -0.25) is 14.7 Å². The largest absolute Gasteiger partial charge is 0.469 e. The third kappa shape index (κ3) is 3.17. The molecule has 1 aromatic carbocycles. The predicted molar refractivity (Wildman–Crippen MR) is 77.4 cm³/mol. The van der Waals surface area contributed by atoms with Gasteiger partial charge in [-0.05, 0) is 17.2 Å². The molecule has 0 fully saturated rings. The fraction of sp³-hybridized carbons (Fsp3) is 0.125. The number of nitrogens with zero attached hydrogens (tertiary/aromatic N) is 2. The summed E-state index contributed by atoms with van der Waals surface area (Å²) in [6, 6.07) is 11.7. The Kier molecular flexibility index (Phi) is 3.91. The van der Waals surface area contributed by atoms with Crippen LogP contribution < -0.4 is 0 Å². The zero-order chi connectivity index (χ0) is 15.4. The lowest BCUT2D eigenvalue weighted by atomic mass is 10.1. The van der Waals surface area contributed by atoms with E-state index in [1.54, 1.807) is 12.3 Å². The standard InChI is InChI=1S/C16H13N3O3/c20-14(15(21)16-17-10-18-19-16)8-13-7-12(9-22-13)6-11-4-2-1-3-5-11/h1-5,7,9-10H,6,8H2,(H,17,18,19). The Bertz CT molecular complexity index is 776. The van der Waals surface area contributed by atoms with Crippen LogP contribution in [0, 0.1) is 0 Å². The number of aromatic nitrogens is 3. The Morgan fingerprint density at radius 2 is 1.95 bits per heavy atom. The minimum atomic E-state index is -0.696. The van der Waals surface area contributed by atoms with Crippen LogP contribution in [0.1, 0.15) is 27.5 Å². The molecule has 3 aromatic rings. The number of H-pyrrole nitrogens is 1. The minimum absolute atomic E-state index is 0.0546. The molecule has 1 N–H and O–H groups in total. The highest BCUT2D eigenvalue weighted by Crippen LogP contribution is 2.14. The summed E-state index contributed by atoms with van der Waals surface area (Å²) in [5, 5.41) is 5.93. The summed E-state index contributed by atoms with van der Waals surface area (Å²) in [5.41, 5.74) is 2.11. The lowest BCUT2D eigenvalue weighted by molar-refractivity contribution is -0.114. The summed E-state index contributed by atoms with van der Waals surface area (Å²) in [6.07, 6.45) is 3.42. The molecule has 0 saturated carbocycles. The number of hydrogen-bond donors (Lipinski definition) is 1. The summed E-state index contributed by atoms with van der Waals surface area (Å²) in [7, 11) is 0. The quantitative estimate of drug-likeness (QED) is 0.555. The van der Waals surface area contributed by atoms with E-state index in [0.717, 1.165) is 11.1 Å². The summed E-state index contributed by atoms with van der Waals surface area (Å²) >= 11 is 0. The van der Waals surface area contributed by atoms with Crippen LogP contribution in [0.4, 0.5) is 0 Å². The first-order valence-electron chi connectivity index (χ1n) is 6.75. The molecule has 6 heteroatoms. The summed E-state index contributed by atoms with van der Waals surface area (Å²) in [5.74, 6) is -0.874. The number of furan rings is 1. The van der Waals surface area contributed by atoms with Crippen LogP contribution >= 0.6 is 0 Å². The van der Waals surface area contributed by atoms with Gasteiger partial charge in [-0.15, -0.1) is 0 Å². The molecule has 2 heterocycles. The van der Waals surface area contributed by atoms with Crippen molar-refractivity contribution in [1.29, 1.82) is 0 Å². The first-order chi connectivity index (χ1) is 10.7. The maximum Gasteiger partial charge on any atom is 0.265 e. The maximum absolute atomic E-state index is 11.9. The molecule has 0 aliphatic carbocycles. The zero-order valence-electron chi connectivity index (χ0n) is 11.7. The van der Waals surface area contributed by atoms with Gasteiger partial charge in [0.05, 0.1) is 12.7 Å². The van der Waals surface area contributed by atoms with Crippen molar-refractivity contribution in [2.24, 2.45) is 0 Å². The van der Waals surface area contributed by atoms with Crippen molar-refractivity contribution < 1.29 is 14.0 Å². The van der Waals surface area contributed by atoms with Crippen molar-refractivity contribution in [3.8, 4) is 0 Å². The van der Waals surface area contributed by atoms with Gasteiger partial charge < -0.3 is 4.42 Å². The van der Waals surface area contributed by atoms with Gasteiger partial charge in [0.1, 0.15) is 12.1 Å². The molecular formula is C16H13N3O3. The smallest absolute Gasteiger partial charge is 0.265 e. The number of rotatable bonds is 6. The van der Waals surface area contributed by atoms with Crippen molar-refractivity contribution in [2.45, 2.75) is 12.8 Å². The van der Waals surface area contributed by atoms with E-state index in [-0.39, 0.29) is 12.2 Å². The van der Waals surface area contributed by atoms with E-state index < -0.39 is 11.6 Å². The summed E-state index contributed by atoms with van der Waals surface area (Å²) in [4.78, 5) is 27.3. The van der Waals surface area contributed by atoms with E-state index in [2.05, 4.69) is 15.2 Å². The van der Waals surface area contributed by atoms with E-state index in [9.17, 15) is 9.59 Å². The number of benzene rings is 1. The molecule has 0 aliphatic rings. The fourth-order valence-electron chi connectivity index (χ4n) is 2.13. The number of carbonyl (C=O) groups excluding carboxylic acids is 2. The van der Waals surface area contributed by atoms with Crippen molar-refractivity contribution in [3.05, 3.63) is 71.7 Å². The number of hydrogen-bond acceptors (Lipinski definition) is 5. The molecule has 3 rings (SSSR count). The second-order valence-electron chi connectivity index (χ2n) is 4.85. The van der Waals surface area contributed by atoms with Gasteiger partial charge in [0.25, 0.3) is 5.78 Å². The normalized spacial score (nSPS) is 10.5. The topological polar surface area (TPSA) is 88.8 Å². The Labute approximate surface area is 126 Å². The first-order valence-corrected chi connectivity index (χ1v) is 6.75. The molecule has 6 nitrogen and oxygen atoms in total. The highest BCUT2D eigenvalue weighted by molar-refractivity contribution is 6.42. The lowest BCUT2D eigenvalue weighted by Crippen LogP contribution is -2.17. The molecule has 0 saturated heterocycles. The van der Waals surface area contributed by atoms with Gasteiger partial charge in [-0.2, -0.15) is 5.10 Å². The van der Waals surface area contributed by atoms with Crippen molar-refractivity contribution in [3.63, 3.8) is 0 Å². The van der Waals surface area contributed by atoms with Crippen molar-refractivity contribution in [2.75, 3.05) is 0 Å². The van der Waals surface area contributed by atoms with Crippen LogP contribution in [0.5, 0.6) is 0 Å². The van der Waals surface area contributed by atoms with Crippen molar-refractivity contribution >= 4 is 11.6 Å². The van der Waals surface area contributed by atoms with Crippen LogP contribution in [-0.4, -0.2) is 26.7 Å². The average Bonchev–Trinajstić information content (AvgIpc) is 3.19. The molecular weight excluding hydrogens is 282 g/mol. The number of nitrogens with one attached hydrogen (secondary N) is 1. The third-order valence-corrected chi connectivity index (χ3v) is 3.18.